The molecule has 1 heterocycles. The largest absolute Gasteiger partial charge is 0.416 e. The van der Waals surface area contributed by atoms with E-state index in [-0.39, 0.29) is 0 Å². The van der Waals surface area contributed by atoms with Gasteiger partial charge in [-0.2, -0.15) is 18.3 Å². The molecule has 8 heteroatoms. The van der Waals surface area contributed by atoms with Gasteiger partial charge in [-0.25, -0.2) is 9.80 Å². The zero-order chi connectivity index (χ0) is 25.2. The molecule has 1 aliphatic heterocycles. The third-order valence-electron chi connectivity index (χ3n) is 6.26. The highest BCUT2D eigenvalue weighted by molar-refractivity contribution is 6.30. The smallest absolute Gasteiger partial charge is 0.306 e. The molecular weight excluding hydrogens is 475 g/mol. The molecule has 0 saturated carbocycles. The van der Waals surface area contributed by atoms with Gasteiger partial charge >= 0.3 is 12.2 Å². The van der Waals surface area contributed by atoms with Gasteiger partial charge in [0.2, 0.25) is 0 Å². The first kappa shape index (κ1) is 24.8. The Bertz CT molecular complexity index is 1210. The van der Waals surface area contributed by atoms with Crippen LogP contribution in [0.25, 0.3) is 0 Å². The molecule has 3 aromatic carbocycles. The van der Waals surface area contributed by atoms with Crippen molar-refractivity contribution in [1.29, 1.82) is 0 Å². The second-order valence-corrected chi connectivity index (χ2v) is 9.04. The molecule has 0 saturated heterocycles. The van der Waals surface area contributed by atoms with Gasteiger partial charge in [-0.1, -0.05) is 61.8 Å². The summed E-state index contributed by atoms with van der Waals surface area (Å²) in [5.74, 6) is 0.420. The van der Waals surface area contributed by atoms with E-state index in [2.05, 4.69) is 24.3 Å². The minimum atomic E-state index is -4.42. The highest BCUT2D eigenvalue weighted by Crippen LogP contribution is 2.35. The number of nitrogens with zero attached hydrogens (tertiary/aromatic N) is 2. The molecule has 1 aliphatic rings. The summed E-state index contributed by atoms with van der Waals surface area (Å²) in [6.07, 6.45) is -3.05. The summed E-state index contributed by atoms with van der Waals surface area (Å²) < 4.78 is 38.9. The predicted octanol–water partition coefficient (Wildman–Crippen LogP) is 8.26. The Morgan fingerprint density at radius 2 is 1.69 bits per heavy atom. The summed E-state index contributed by atoms with van der Waals surface area (Å²) in [6, 6.07) is 18.8. The second-order valence-electron chi connectivity index (χ2n) is 8.60. The molecule has 0 spiro atoms. The fourth-order valence-corrected chi connectivity index (χ4v) is 4.11. The van der Waals surface area contributed by atoms with E-state index in [0.29, 0.717) is 34.3 Å². The number of alkyl halides is 3. The fourth-order valence-electron chi connectivity index (χ4n) is 3.98. The lowest BCUT2D eigenvalue weighted by Crippen LogP contribution is -2.31. The molecule has 2 amide bonds. The Balaban J connectivity index is 1.60. The number of hydrazone groups is 1. The fraction of sp³-hybridized carbons (Fsp3) is 0.259. The van der Waals surface area contributed by atoms with Gasteiger partial charge in [-0.05, 0) is 65.4 Å². The van der Waals surface area contributed by atoms with Crippen LogP contribution in [0.3, 0.4) is 0 Å². The van der Waals surface area contributed by atoms with Crippen molar-refractivity contribution >= 4 is 29.0 Å². The molecule has 0 aliphatic carbocycles. The Kier molecular flexibility index (Phi) is 7.17. The third-order valence-corrected chi connectivity index (χ3v) is 6.51. The average Bonchev–Trinajstić information content (AvgIpc) is 3.30. The highest BCUT2D eigenvalue weighted by atomic mass is 35.5. The number of nitrogens with one attached hydrogen (secondary N) is 1. The van der Waals surface area contributed by atoms with E-state index in [4.69, 9.17) is 11.6 Å². The van der Waals surface area contributed by atoms with Crippen LogP contribution in [0.4, 0.5) is 23.7 Å². The Hall–Kier alpha value is -3.32. The van der Waals surface area contributed by atoms with Crippen molar-refractivity contribution in [2.45, 2.75) is 44.8 Å². The van der Waals surface area contributed by atoms with Crippen LogP contribution in [0, 0.1) is 0 Å². The van der Waals surface area contributed by atoms with Crippen molar-refractivity contribution in [1.82, 2.24) is 5.01 Å². The third kappa shape index (κ3) is 5.68. The minimum Gasteiger partial charge on any atom is -0.306 e. The standard InChI is InChI=1S/C27H25ClF3N3O/c1-3-17(2)18-8-14-23(15-9-18)32-26(35)34-25(20-6-12-22(28)13-7-20)16-24(33-34)19-4-10-21(11-5-19)27(29,30)31/h4-15,17,25H,3,16H2,1-2H3,(H,32,35). The van der Waals surface area contributed by atoms with Crippen LogP contribution in [0.15, 0.2) is 77.9 Å². The number of amides is 2. The van der Waals surface area contributed by atoms with Gasteiger partial charge in [-0.3, -0.25) is 0 Å². The van der Waals surface area contributed by atoms with Crippen molar-refractivity contribution in [2.75, 3.05) is 5.32 Å². The van der Waals surface area contributed by atoms with Gasteiger partial charge in [0.25, 0.3) is 0 Å². The van der Waals surface area contributed by atoms with Gasteiger partial charge in [0.1, 0.15) is 0 Å². The van der Waals surface area contributed by atoms with Crippen molar-refractivity contribution in [3.63, 3.8) is 0 Å². The number of anilines is 1. The maximum atomic E-state index is 13.2. The molecule has 2 atom stereocenters. The highest BCUT2D eigenvalue weighted by Gasteiger charge is 2.34. The number of carbonyl (C=O) groups is 1. The molecule has 0 bridgehead atoms. The Morgan fingerprint density at radius 1 is 1.06 bits per heavy atom. The van der Waals surface area contributed by atoms with E-state index in [1.54, 1.807) is 12.1 Å². The SMILES string of the molecule is CCC(C)c1ccc(NC(=O)N2N=C(c3ccc(C(F)(F)F)cc3)CC2c2ccc(Cl)cc2)cc1. The van der Waals surface area contributed by atoms with Crippen LogP contribution in [0.1, 0.15) is 60.9 Å². The molecule has 0 aromatic heterocycles. The quantitative estimate of drug-likeness (QED) is 0.377. The average molecular weight is 500 g/mol. The maximum Gasteiger partial charge on any atom is 0.416 e. The maximum absolute atomic E-state index is 13.2. The summed E-state index contributed by atoms with van der Waals surface area (Å²) in [5.41, 5.74) is 2.97. The van der Waals surface area contributed by atoms with Crippen molar-refractivity contribution in [3.8, 4) is 0 Å². The van der Waals surface area contributed by atoms with Crippen LogP contribution in [0.5, 0.6) is 0 Å². The Morgan fingerprint density at radius 3 is 2.26 bits per heavy atom. The molecular formula is C27H25ClF3N3O. The first-order valence-corrected chi connectivity index (χ1v) is 11.7. The number of hydrogen-bond acceptors (Lipinski definition) is 2. The van der Waals surface area contributed by atoms with Gasteiger partial charge < -0.3 is 5.32 Å². The molecule has 2 unspecified atom stereocenters. The van der Waals surface area contributed by atoms with E-state index in [1.165, 1.54) is 22.7 Å². The van der Waals surface area contributed by atoms with Crippen molar-refractivity contribution in [2.24, 2.45) is 5.10 Å². The topological polar surface area (TPSA) is 44.7 Å². The predicted molar refractivity (Wildman–Crippen MR) is 133 cm³/mol. The lowest BCUT2D eigenvalue weighted by atomic mass is 9.98. The monoisotopic (exact) mass is 499 g/mol. The van der Waals surface area contributed by atoms with Crippen molar-refractivity contribution < 1.29 is 18.0 Å². The number of halogens is 4. The molecule has 3 aromatic rings. The summed E-state index contributed by atoms with van der Waals surface area (Å²) in [4.78, 5) is 13.2. The molecule has 0 fully saturated rings. The zero-order valence-electron chi connectivity index (χ0n) is 19.3. The van der Waals surface area contributed by atoms with E-state index >= 15 is 0 Å². The number of benzene rings is 3. The van der Waals surface area contributed by atoms with Crippen LogP contribution in [-0.4, -0.2) is 16.8 Å². The molecule has 4 rings (SSSR count). The van der Waals surface area contributed by atoms with Gasteiger partial charge in [0.05, 0.1) is 17.3 Å². The van der Waals surface area contributed by atoms with Crippen LogP contribution in [0.2, 0.25) is 5.02 Å². The van der Waals surface area contributed by atoms with E-state index < -0.39 is 23.8 Å². The Labute approximate surface area is 207 Å². The van der Waals surface area contributed by atoms with Crippen LogP contribution < -0.4 is 5.32 Å². The van der Waals surface area contributed by atoms with Crippen LogP contribution >= 0.6 is 11.6 Å². The number of hydrogen-bond donors (Lipinski definition) is 1. The van der Waals surface area contributed by atoms with Crippen LogP contribution in [-0.2, 0) is 6.18 Å². The lowest BCUT2D eigenvalue weighted by Gasteiger charge is -2.22. The number of urea groups is 1. The molecule has 0 radical (unpaired) electrons. The normalized spacial score (nSPS) is 16.7. The second kappa shape index (κ2) is 10.1. The number of rotatable bonds is 5. The summed E-state index contributed by atoms with van der Waals surface area (Å²) in [6.45, 7) is 4.27. The molecule has 182 valence electrons. The zero-order valence-corrected chi connectivity index (χ0v) is 20.1. The molecule has 35 heavy (non-hydrogen) atoms. The minimum absolute atomic E-state index is 0.355. The van der Waals surface area contributed by atoms with Gasteiger partial charge in [0, 0.05) is 17.1 Å². The van der Waals surface area contributed by atoms with E-state index in [0.717, 1.165) is 24.1 Å². The van der Waals surface area contributed by atoms with Gasteiger partial charge in [0.15, 0.2) is 0 Å². The molecule has 1 N–H and O–H groups in total. The lowest BCUT2D eigenvalue weighted by molar-refractivity contribution is -0.137. The summed E-state index contributed by atoms with van der Waals surface area (Å²) >= 11 is 6.03. The van der Waals surface area contributed by atoms with E-state index in [1.807, 2.05) is 36.4 Å². The first-order valence-electron chi connectivity index (χ1n) is 11.4. The van der Waals surface area contributed by atoms with Gasteiger partial charge in [-0.15, -0.1) is 0 Å². The number of carbonyl (C=O) groups excluding carboxylic acids is 1. The van der Waals surface area contributed by atoms with Crippen molar-refractivity contribution in [3.05, 3.63) is 100 Å². The van der Waals surface area contributed by atoms with E-state index in [9.17, 15) is 18.0 Å². The first-order chi connectivity index (χ1) is 16.7. The summed E-state index contributed by atoms with van der Waals surface area (Å²) in [7, 11) is 0. The molecule has 4 nitrogen and oxygen atoms in total. The summed E-state index contributed by atoms with van der Waals surface area (Å²) in [5, 5.41) is 9.30.